The van der Waals surface area contributed by atoms with Crippen LogP contribution in [0.4, 0.5) is 5.69 Å². The standard InChI is InChI=1S/C10H13NO3S2/c1-4-5(12)8-7(11)6(9(13)14-2)10(15-3)16-8/h4,11H2,1-3H3. The first-order valence-corrected chi connectivity index (χ1v) is 6.68. The molecule has 0 spiro atoms. The smallest absolute Gasteiger partial charge is 0.342 e. The molecule has 1 heterocycles. The minimum Gasteiger partial charge on any atom is -0.465 e. The number of nitrogen functional groups attached to an aromatic ring is 1. The Kier molecular flexibility index (Phi) is 4.37. The summed E-state index contributed by atoms with van der Waals surface area (Å²) >= 11 is 2.64. The molecule has 0 atom stereocenters. The van der Waals surface area contributed by atoms with Gasteiger partial charge >= 0.3 is 5.97 Å². The van der Waals surface area contributed by atoms with E-state index in [2.05, 4.69) is 4.74 Å². The normalized spacial score (nSPS) is 10.2. The summed E-state index contributed by atoms with van der Waals surface area (Å²) in [6.45, 7) is 1.76. The molecule has 6 heteroatoms. The second-order valence-electron chi connectivity index (χ2n) is 2.98. The van der Waals surface area contributed by atoms with Gasteiger partial charge in [-0.05, 0) is 6.26 Å². The molecule has 88 valence electrons. The number of ketones is 1. The average Bonchev–Trinajstić information content (AvgIpc) is 2.64. The molecule has 4 nitrogen and oxygen atoms in total. The minimum absolute atomic E-state index is 0.0482. The van der Waals surface area contributed by atoms with Crippen molar-refractivity contribution in [1.29, 1.82) is 0 Å². The van der Waals surface area contributed by atoms with Crippen LogP contribution in [0.5, 0.6) is 0 Å². The Morgan fingerprint density at radius 1 is 1.50 bits per heavy atom. The Morgan fingerprint density at radius 2 is 2.12 bits per heavy atom. The third-order valence-corrected chi connectivity index (χ3v) is 4.43. The van der Waals surface area contributed by atoms with Crippen molar-refractivity contribution in [3.8, 4) is 0 Å². The zero-order valence-electron chi connectivity index (χ0n) is 9.33. The summed E-state index contributed by atoms with van der Waals surface area (Å²) in [6.07, 6.45) is 2.21. The van der Waals surface area contributed by atoms with Gasteiger partial charge in [-0.1, -0.05) is 6.92 Å². The first-order chi connectivity index (χ1) is 7.56. The summed E-state index contributed by atoms with van der Waals surface area (Å²) < 4.78 is 5.37. The monoisotopic (exact) mass is 259 g/mol. The van der Waals surface area contributed by atoms with Gasteiger partial charge in [-0.2, -0.15) is 0 Å². The number of hydrogen-bond donors (Lipinski definition) is 1. The Hall–Kier alpha value is -1.01. The topological polar surface area (TPSA) is 69.4 Å². The van der Waals surface area contributed by atoms with Gasteiger partial charge in [-0.3, -0.25) is 4.79 Å². The first-order valence-electron chi connectivity index (χ1n) is 4.64. The van der Waals surface area contributed by atoms with E-state index in [0.717, 1.165) is 4.21 Å². The van der Waals surface area contributed by atoms with Crippen molar-refractivity contribution >= 4 is 40.5 Å². The fraction of sp³-hybridized carbons (Fsp3) is 0.400. The number of rotatable bonds is 4. The van der Waals surface area contributed by atoms with Crippen LogP contribution in [-0.2, 0) is 4.74 Å². The number of nitrogens with two attached hydrogens (primary N) is 1. The predicted molar refractivity (Wildman–Crippen MR) is 66.5 cm³/mol. The Labute approximate surface area is 102 Å². The number of methoxy groups -OCH3 is 1. The number of carbonyl (C=O) groups is 2. The number of carbonyl (C=O) groups excluding carboxylic acids is 2. The SMILES string of the molecule is CCC(=O)c1sc(SC)c(C(=O)OC)c1N. The quantitative estimate of drug-likeness (QED) is 0.511. The fourth-order valence-corrected chi connectivity index (χ4v) is 3.16. The maximum atomic E-state index is 11.6. The lowest BCUT2D eigenvalue weighted by atomic mass is 10.2. The van der Waals surface area contributed by atoms with Crippen LogP contribution in [0.15, 0.2) is 4.21 Å². The summed E-state index contributed by atoms with van der Waals surface area (Å²) in [7, 11) is 1.30. The first kappa shape index (κ1) is 13.1. The summed E-state index contributed by atoms with van der Waals surface area (Å²) in [4.78, 5) is 23.6. The number of ether oxygens (including phenoxy) is 1. The predicted octanol–water partition coefficient (Wildman–Crippen LogP) is 2.43. The molecule has 0 bridgehead atoms. The Balaban J connectivity index is 3.32. The van der Waals surface area contributed by atoms with E-state index in [9.17, 15) is 9.59 Å². The average molecular weight is 259 g/mol. The van der Waals surface area contributed by atoms with E-state index >= 15 is 0 Å². The van der Waals surface area contributed by atoms with Crippen molar-refractivity contribution in [1.82, 2.24) is 0 Å². The van der Waals surface area contributed by atoms with Crippen molar-refractivity contribution in [3.63, 3.8) is 0 Å². The van der Waals surface area contributed by atoms with E-state index in [1.54, 1.807) is 6.92 Å². The van der Waals surface area contributed by atoms with Gasteiger partial charge in [0.1, 0.15) is 5.56 Å². The molecular weight excluding hydrogens is 246 g/mol. The molecule has 0 aliphatic rings. The number of thioether (sulfide) groups is 1. The maximum absolute atomic E-state index is 11.6. The van der Waals surface area contributed by atoms with E-state index in [1.807, 2.05) is 6.26 Å². The molecule has 0 fully saturated rings. The highest BCUT2D eigenvalue weighted by Gasteiger charge is 2.24. The van der Waals surface area contributed by atoms with Crippen molar-refractivity contribution in [3.05, 3.63) is 10.4 Å². The molecule has 16 heavy (non-hydrogen) atoms. The molecule has 0 saturated carbocycles. The third kappa shape index (κ3) is 2.22. The van der Waals surface area contributed by atoms with Crippen molar-refractivity contribution in [2.75, 3.05) is 19.1 Å². The van der Waals surface area contributed by atoms with Gasteiger partial charge in [0.2, 0.25) is 0 Å². The highest BCUT2D eigenvalue weighted by atomic mass is 32.2. The number of anilines is 1. The van der Waals surface area contributed by atoms with Crippen LogP contribution in [0.3, 0.4) is 0 Å². The Morgan fingerprint density at radius 3 is 2.56 bits per heavy atom. The van der Waals surface area contributed by atoms with Crippen LogP contribution < -0.4 is 5.73 Å². The number of thiophene rings is 1. The van der Waals surface area contributed by atoms with Crippen LogP contribution in [-0.4, -0.2) is 25.1 Å². The molecule has 0 unspecified atom stereocenters. The molecule has 2 N–H and O–H groups in total. The lowest BCUT2D eigenvalue weighted by Gasteiger charge is -2.00. The van der Waals surface area contributed by atoms with Gasteiger partial charge < -0.3 is 10.5 Å². The molecule has 1 rings (SSSR count). The molecule has 1 aromatic rings. The summed E-state index contributed by atoms with van der Waals surface area (Å²) in [6, 6.07) is 0. The van der Waals surface area contributed by atoms with E-state index in [4.69, 9.17) is 5.73 Å². The van der Waals surface area contributed by atoms with E-state index < -0.39 is 5.97 Å². The van der Waals surface area contributed by atoms with Gasteiger partial charge in [0.25, 0.3) is 0 Å². The fourth-order valence-electron chi connectivity index (χ4n) is 1.23. The zero-order valence-corrected chi connectivity index (χ0v) is 11.0. The lowest BCUT2D eigenvalue weighted by molar-refractivity contribution is 0.0599. The summed E-state index contributed by atoms with van der Waals surface area (Å²) in [5, 5.41) is 0. The zero-order chi connectivity index (χ0) is 12.3. The minimum atomic E-state index is -0.492. The molecular formula is C10H13NO3S2. The van der Waals surface area contributed by atoms with Crippen LogP contribution >= 0.6 is 23.1 Å². The third-order valence-electron chi connectivity index (χ3n) is 2.06. The molecule has 0 amide bonds. The molecule has 0 aliphatic heterocycles. The number of Topliss-reactive ketones (excluding diaryl/α,β-unsaturated/α-hetero) is 1. The maximum Gasteiger partial charge on any atom is 0.342 e. The highest BCUT2D eigenvalue weighted by molar-refractivity contribution is 8.00. The van der Waals surface area contributed by atoms with Gasteiger partial charge in [0, 0.05) is 6.42 Å². The summed E-state index contributed by atoms with van der Waals surface area (Å²) in [5.41, 5.74) is 6.37. The van der Waals surface area contributed by atoms with Crippen LogP contribution in [0.1, 0.15) is 33.4 Å². The van der Waals surface area contributed by atoms with Gasteiger partial charge in [0.05, 0.1) is 21.9 Å². The van der Waals surface area contributed by atoms with E-state index in [0.29, 0.717) is 16.9 Å². The van der Waals surface area contributed by atoms with Gasteiger partial charge in [0.15, 0.2) is 5.78 Å². The highest BCUT2D eigenvalue weighted by Crippen LogP contribution is 2.38. The van der Waals surface area contributed by atoms with Crippen molar-refractivity contribution in [2.24, 2.45) is 0 Å². The van der Waals surface area contributed by atoms with Gasteiger partial charge in [-0.25, -0.2) is 4.79 Å². The number of esters is 1. The van der Waals surface area contributed by atoms with Crippen molar-refractivity contribution < 1.29 is 14.3 Å². The molecule has 0 aromatic carbocycles. The van der Waals surface area contributed by atoms with Crippen LogP contribution in [0.25, 0.3) is 0 Å². The second kappa shape index (κ2) is 5.36. The van der Waals surface area contributed by atoms with Crippen molar-refractivity contribution in [2.45, 2.75) is 17.6 Å². The molecule has 1 aromatic heterocycles. The molecule has 0 radical (unpaired) electrons. The van der Waals surface area contributed by atoms with Gasteiger partial charge in [-0.15, -0.1) is 23.1 Å². The Bertz CT molecular complexity index is 426. The number of hydrogen-bond acceptors (Lipinski definition) is 6. The van der Waals surface area contributed by atoms with Crippen LogP contribution in [0.2, 0.25) is 0 Å². The molecule has 0 saturated heterocycles. The lowest BCUT2D eigenvalue weighted by Crippen LogP contribution is -2.06. The second-order valence-corrected chi connectivity index (χ2v) is 5.08. The van der Waals surface area contributed by atoms with Crippen LogP contribution in [0, 0.1) is 0 Å². The molecule has 0 aliphatic carbocycles. The summed E-state index contributed by atoms with van der Waals surface area (Å²) in [5.74, 6) is -0.541. The van der Waals surface area contributed by atoms with E-state index in [-0.39, 0.29) is 11.5 Å². The largest absolute Gasteiger partial charge is 0.465 e. The van der Waals surface area contributed by atoms with E-state index in [1.165, 1.54) is 30.2 Å².